The summed E-state index contributed by atoms with van der Waals surface area (Å²) < 4.78 is 10.9. The Hall–Kier alpha value is -1.02. The fourth-order valence-electron chi connectivity index (χ4n) is 1.38. The van der Waals surface area contributed by atoms with Gasteiger partial charge in [-0.05, 0) is 18.6 Å². The van der Waals surface area contributed by atoms with Crippen molar-refractivity contribution in [1.82, 2.24) is 0 Å². The van der Waals surface area contributed by atoms with Gasteiger partial charge in [0.25, 0.3) is 0 Å². The van der Waals surface area contributed by atoms with Crippen LogP contribution in [0.15, 0.2) is 30.3 Å². The molecule has 0 radical (unpaired) electrons. The summed E-state index contributed by atoms with van der Waals surface area (Å²) in [6.45, 7) is 2.81. The molecule has 2 heteroatoms. The van der Waals surface area contributed by atoms with Crippen LogP contribution >= 0.6 is 0 Å². The highest BCUT2D eigenvalue weighted by Gasteiger charge is 2.08. The van der Waals surface area contributed by atoms with E-state index in [0.29, 0.717) is 6.61 Å². The third kappa shape index (κ3) is 3.79. The number of ether oxygens (including phenoxy) is 2. The second kappa shape index (κ2) is 6.44. The second-order valence-corrected chi connectivity index (χ2v) is 3.30. The summed E-state index contributed by atoms with van der Waals surface area (Å²) in [6, 6.07) is 9.88. The van der Waals surface area contributed by atoms with Crippen LogP contribution < -0.4 is 4.74 Å². The van der Waals surface area contributed by atoms with E-state index in [0.717, 1.165) is 18.6 Å². The fourth-order valence-corrected chi connectivity index (χ4v) is 1.38. The normalized spacial score (nSPS) is 12.4. The van der Waals surface area contributed by atoms with E-state index in [1.807, 2.05) is 30.3 Å². The summed E-state index contributed by atoms with van der Waals surface area (Å²) in [7, 11) is 1.71. The highest BCUT2D eigenvalue weighted by Crippen LogP contribution is 2.13. The van der Waals surface area contributed by atoms with E-state index in [1.54, 1.807) is 7.11 Å². The van der Waals surface area contributed by atoms with Gasteiger partial charge in [-0.25, -0.2) is 0 Å². The topological polar surface area (TPSA) is 18.5 Å². The molecule has 0 aromatic heterocycles. The molecular formula is C12H18O2. The Morgan fingerprint density at radius 3 is 2.50 bits per heavy atom. The number of rotatable bonds is 6. The van der Waals surface area contributed by atoms with Gasteiger partial charge in [-0.1, -0.05) is 31.5 Å². The van der Waals surface area contributed by atoms with Crippen molar-refractivity contribution in [2.24, 2.45) is 0 Å². The highest BCUT2D eigenvalue weighted by molar-refractivity contribution is 5.21. The number of para-hydroxylation sites is 1. The molecule has 2 nitrogen and oxygen atoms in total. The molecular weight excluding hydrogens is 176 g/mol. The summed E-state index contributed by atoms with van der Waals surface area (Å²) in [5.74, 6) is 0.919. The largest absolute Gasteiger partial charge is 0.488 e. The van der Waals surface area contributed by atoms with Crippen molar-refractivity contribution in [3.05, 3.63) is 30.3 Å². The lowest BCUT2D eigenvalue weighted by atomic mass is 10.2. The van der Waals surface area contributed by atoms with Crippen molar-refractivity contribution < 1.29 is 9.47 Å². The molecule has 0 amide bonds. The molecule has 0 fully saturated rings. The van der Waals surface area contributed by atoms with Crippen molar-refractivity contribution >= 4 is 0 Å². The molecule has 0 aliphatic heterocycles. The third-order valence-electron chi connectivity index (χ3n) is 2.01. The van der Waals surface area contributed by atoms with E-state index in [-0.39, 0.29) is 6.10 Å². The molecule has 1 atom stereocenters. The molecule has 0 N–H and O–H groups in total. The third-order valence-corrected chi connectivity index (χ3v) is 2.01. The minimum atomic E-state index is 0.174. The van der Waals surface area contributed by atoms with Crippen LogP contribution in [-0.2, 0) is 4.74 Å². The minimum Gasteiger partial charge on any atom is -0.488 e. The molecule has 0 saturated heterocycles. The first kappa shape index (κ1) is 11.1. The first-order valence-electron chi connectivity index (χ1n) is 5.07. The Bertz CT molecular complexity index is 227. The zero-order chi connectivity index (χ0) is 10.2. The van der Waals surface area contributed by atoms with Gasteiger partial charge in [-0.3, -0.25) is 0 Å². The van der Waals surface area contributed by atoms with E-state index < -0.39 is 0 Å². The summed E-state index contributed by atoms with van der Waals surface area (Å²) in [5.41, 5.74) is 0. The molecule has 0 saturated carbocycles. The Kier molecular flexibility index (Phi) is 5.08. The van der Waals surface area contributed by atoms with Gasteiger partial charge in [-0.15, -0.1) is 0 Å². The Balaban J connectivity index is 2.46. The van der Waals surface area contributed by atoms with Crippen LogP contribution in [0.1, 0.15) is 19.8 Å². The zero-order valence-corrected chi connectivity index (χ0v) is 8.90. The molecule has 0 aliphatic rings. The monoisotopic (exact) mass is 194 g/mol. The molecule has 78 valence electrons. The lowest BCUT2D eigenvalue weighted by Crippen LogP contribution is -2.21. The molecule has 0 heterocycles. The molecule has 1 aromatic carbocycles. The van der Waals surface area contributed by atoms with Crippen molar-refractivity contribution in [3.8, 4) is 5.75 Å². The van der Waals surface area contributed by atoms with Gasteiger partial charge in [0, 0.05) is 7.11 Å². The number of methoxy groups -OCH3 is 1. The van der Waals surface area contributed by atoms with E-state index in [2.05, 4.69) is 6.92 Å². The van der Waals surface area contributed by atoms with Crippen molar-refractivity contribution in [2.45, 2.75) is 25.9 Å². The molecule has 0 spiro atoms. The first-order chi connectivity index (χ1) is 6.86. The number of benzene rings is 1. The van der Waals surface area contributed by atoms with Crippen LogP contribution in [0.2, 0.25) is 0 Å². The Morgan fingerprint density at radius 1 is 1.21 bits per heavy atom. The summed E-state index contributed by atoms with van der Waals surface area (Å²) in [4.78, 5) is 0. The summed E-state index contributed by atoms with van der Waals surface area (Å²) in [6.07, 6.45) is 2.32. The smallest absolute Gasteiger partial charge is 0.122 e. The standard InChI is InChI=1S/C12H18O2/c1-3-7-12(10-13-2)14-11-8-5-4-6-9-11/h4-6,8-9,12H,3,7,10H2,1-2H3. The Morgan fingerprint density at radius 2 is 1.93 bits per heavy atom. The molecule has 1 aromatic rings. The van der Waals surface area contributed by atoms with Gasteiger partial charge < -0.3 is 9.47 Å². The van der Waals surface area contributed by atoms with Crippen molar-refractivity contribution in [3.63, 3.8) is 0 Å². The first-order valence-corrected chi connectivity index (χ1v) is 5.07. The van der Waals surface area contributed by atoms with E-state index in [9.17, 15) is 0 Å². The van der Waals surface area contributed by atoms with Crippen LogP contribution in [0.3, 0.4) is 0 Å². The van der Waals surface area contributed by atoms with Crippen LogP contribution in [-0.4, -0.2) is 19.8 Å². The van der Waals surface area contributed by atoms with Gasteiger partial charge in [0.1, 0.15) is 11.9 Å². The van der Waals surface area contributed by atoms with Gasteiger partial charge in [0.15, 0.2) is 0 Å². The molecule has 1 rings (SSSR count). The fraction of sp³-hybridized carbons (Fsp3) is 0.500. The average Bonchev–Trinajstić information content (AvgIpc) is 2.20. The summed E-state index contributed by atoms with van der Waals surface area (Å²) in [5, 5.41) is 0. The van der Waals surface area contributed by atoms with Crippen molar-refractivity contribution in [1.29, 1.82) is 0 Å². The maximum absolute atomic E-state index is 5.77. The predicted molar refractivity (Wildman–Crippen MR) is 57.6 cm³/mol. The maximum atomic E-state index is 5.77. The number of hydrogen-bond acceptors (Lipinski definition) is 2. The second-order valence-electron chi connectivity index (χ2n) is 3.30. The predicted octanol–water partition coefficient (Wildman–Crippen LogP) is 2.88. The molecule has 14 heavy (non-hydrogen) atoms. The lowest BCUT2D eigenvalue weighted by Gasteiger charge is -2.17. The van der Waals surface area contributed by atoms with Gasteiger partial charge in [0.05, 0.1) is 6.61 Å². The van der Waals surface area contributed by atoms with E-state index >= 15 is 0 Å². The Labute approximate surface area is 85.8 Å². The van der Waals surface area contributed by atoms with Crippen LogP contribution in [0.5, 0.6) is 5.75 Å². The number of hydrogen-bond donors (Lipinski definition) is 0. The molecule has 1 unspecified atom stereocenters. The van der Waals surface area contributed by atoms with Gasteiger partial charge in [0.2, 0.25) is 0 Å². The van der Waals surface area contributed by atoms with Crippen molar-refractivity contribution in [2.75, 3.05) is 13.7 Å². The molecule has 0 bridgehead atoms. The van der Waals surface area contributed by atoms with Gasteiger partial charge in [-0.2, -0.15) is 0 Å². The lowest BCUT2D eigenvalue weighted by molar-refractivity contribution is 0.0753. The van der Waals surface area contributed by atoms with E-state index in [1.165, 1.54) is 0 Å². The van der Waals surface area contributed by atoms with Crippen LogP contribution in [0, 0.1) is 0 Å². The molecule has 0 aliphatic carbocycles. The van der Waals surface area contributed by atoms with E-state index in [4.69, 9.17) is 9.47 Å². The zero-order valence-electron chi connectivity index (χ0n) is 8.90. The van der Waals surface area contributed by atoms with Crippen LogP contribution in [0.25, 0.3) is 0 Å². The maximum Gasteiger partial charge on any atom is 0.122 e. The quantitative estimate of drug-likeness (QED) is 0.693. The SMILES string of the molecule is CCCC(COC)Oc1ccccc1. The average molecular weight is 194 g/mol. The van der Waals surface area contributed by atoms with Gasteiger partial charge >= 0.3 is 0 Å². The summed E-state index contributed by atoms with van der Waals surface area (Å²) >= 11 is 0. The minimum absolute atomic E-state index is 0.174. The highest BCUT2D eigenvalue weighted by atomic mass is 16.5. The van der Waals surface area contributed by atoms with Crippen LogP contribution in [0.4, 0.5) is 0 Å².